The standard InChI is InChI=1S/C14H15ClN4O3S/c1-2-16-11(20)7-17-12(21)8-23-14-19-18-13(22-14)9-4-3-5-10(15)6-9/h3-6H,2,7-8H2,1H3,(H,16,20)(H,17,21). The summed E-state index contributed by atoms with van der Waals surface area (Å²) in [4.78, 5) is 22.9. The lowest BCUT2D eigenvalue weighted by Gasteiger charge is -2.03. The van der Waals surface area contributed by atoms with Crippen LogP contribution in [-0.4, -0.2) is 40.9 Å². The highest BCUT2D eigenvalue weighted by atomic mass is 35.5. The molecular formula is C14H15ClN4O3S. The number of nitrogens with zero attached hydrogens (tertiary/aromatic N) is 2. The Hall–Kier alpha value is -2.06. The number of hydrogen-bond acceptors (Lipinski definition) is 6. The molecule has 2 N–H and O–H groups in total. The van der Waals surface area contributed by atoms with E-state index in [0.717, 1.165) is 11.8 Å². The molecule has 2 amide bonds. The van der Waals surface area contributed by atoms with Gasteiger partial charge in [-0.15, -0.1) is 10.2 Å². The van der Waals surface area contributed by atoms with Crippen molar-refractivity contribution in [1.29, 1.82) is 0 Å². The first-order chi connectivity index (χ1) is 11.1. The summed E-state index contributed by atoms with van der Waals surface area (Å²) < 4.78 is 5.46. The van der Waals surface area contributed by atoms with Crippen LogP contribution in [0.3, 0.4) is 0 Å². The molecule has 0 atom stereocenters. The van der Waals surface area contributed by atoms with Crippen LogP contribution in [-0.2, 0) is 9.59 Å². The largest absolute Gasteiger partial charge is 0.411 e. The summed E-state index contributed by atoms with van der Waals surface area (Å²) in [5, 5.41) is 13.7. The zero-order valence-electron chi connectivity index (χ0n) is 12.3. The molecule has 0 aliphatic rings. The molecule has 0 aliphatic heterocycles. The van der Waals surface area contributed by atoms with Crippen LogP contribution in [0.15, 0.2) is 33.9 Å². The molecule has 0 bridgehead atoms. The lowest BCUT2D eigenvalue weighted by Crippen LogP contribution is -2.37. The average Bonchev–Trinajstić information content (AvgIpc) is 3.00. The number of thioether (sulfide) groups is 1. The maximum absolute atomic E-state index is 11.6. The van der Waals surface area contributed by atoms with Crippen LogP contribution >= 0.6 is 23.4 Å². The first-order valence-electron chi connectivity index (χ1n) is 6.84. The number of hydrogen-bond donors (Lipinski definition) is 2. The molecule has 2 rings (SSSR count). The summed E-state index contributed by atoms with van der Waals surface area (Å²) in [5.74, 6) is -0.107. The van der Waals surface area contributed by atoms with Gasteiger partial charge in [0, 0.05) is 17.1 Å². The molecule has 0 unspecified atom stereocenters. The van der Waals surface area contributed by atoms with Crippen LogP contribution < -0.4 is 10.6 Å². The third-order valence-electron chi connectivity index (χ3n) is 2.62. The van der Waals surface area contributed by atoms with Crippen LogP contribution in [0.1, 0.15) is 6.92 Å². The fraction of sp³-hybridized carbons (Fsp3) is 0.286. The number of halogens is 1. The highest BCUT2D eigenvalue weighted by Crippen LogP contribution is 2.24. The van der Waals surface area contributed by atoms with Crippen molar-refractivity contribution in [2.24, 2.45) is 0 Å². The van der Waals surface area contributed by atoms with Crippen LogP contribution in [0.4, 0.5) is 0 Å². The van der Waals surface area contributed by atoms with Gasteiger partial charge < -0.3 is 15.1 Å². The normalized spacial score (nSPS) is 10.3. The molecular weight excluding hydrogens is 340 g/mol. The molecule has 0 fully saturated rings. The van der Waals surface area contributed by atoms with E-state index in [9.17, 15) is 9.59 Å². The topological polar surface area (TPSA) is 97.1 Å². The van der Waals surface area contributed by atoms with Gasteiger partial charge in [-0.25, -0.2) is 0 Å². The highest BCUT2D eigenvalue weighted by Gasteiger charge is 2.12. The summed E-state index contributed by atoms with van der Waals surface area (Å²) in [6.07, 6.45) is 0. The lowest BCUT2D eigenvalue weighted by molar-refractivity contribution is -0.124. The number of carbonyl (C=O) groups excluding carboxylic acids is 2. The Bertz CT molecular complexity index is 692. The predicted octanol–water partition coefficient (Wildman–Crippen LogP) is 1.73. The first kappa shape index (κ1) is 17.3. The third-order valence-corrected chi connectivity index (χ3v) is 3.68. The van der Waals surface area contributed by atoms with E-state index >= 15 is 0 Å². The molecule has 122 valence electrons. The van der Waals surface area contributed by atoms with Crippen LogP contribution in [0.25, 0.3) is 11.5 Å². The fourth-order valence-electron chi connectivity index (χ4n) is 1.62. The van der Waals surface area contributed by atoms with Gasteiger partial charge in [-0.05, 0) is 25.1 Å². The van der Waals surface area contributed by atoms with E-state index in [1.54, 1.807) is 24.3 Å². The van der Waals surface area contributed by atoms with E-state index in [0.29, 0.717) is 23.0 Å². The summed E-state index contributed by atoms with van der Waals surface area (Å²) in [7, 11) is 0. The molecule has 1 aromatic carbocycles. The number of aromatic nitrogens is 2. The molecule has 0 saturated heterocycles. The molecule has 2 aromatic rings. The van der Waals surface area contributed by atoms with Gasteiger partial charge in [0.05, 0.1) is 12.3 Å². The number of likely N-dealkylation sites (N-methyl/N-ethyl adjacent to an activating group) is 1. The fourth-order valence-corrected chi connectivity index (χ4v) is 2.41. The van der Waals surface area contributed by atoms with Gasteiger partial charge in [-0.2, -0.15) is 0 Å². The van der Waals surface area contributed by atoms with E-state index in [-0.39, 0.29) is 29.3 Å². The van der Waals surface area contributed by atoms with Crippen molar-refractivity contribution >= 4 is 35.2 Å². The van der Waals surface area contributed by atoms with Crippen molar-refractivity contribution < 1.29 is 14.0 Å². The van der Waals surface area contributed by atoms with E-state index in [1.165, 1.54) is 0 Å². The molecule has 0 radical (unpaired) electrons. The second-order valence-electron chi connectivity index (χ2n) is 4.40. The van der Waals surface area contributed by atoms with E-state index in [4.69, 9.17) is 16.0 Å². The Morgan fingerprint density at radius 1 is 1.26 bits per heavy atom. The zero-order chi connectivity index (χ0) is 16.7. The summed E-state index contributed by atoms with van der Waals surface area (Å²) in [6, 6.07) is 7.04. The molecule has 1 aromatic heterocycles. The minimum atomic E-state index is -0.288. The number of rotatable bonds is 7. The summed E-state index contributed by atoms with van der Waals surface area (Å²) in [6.45, 7) is 2.28. The molecule has 1 heterocycles. The molecule has 7 nitrogen and oxygen atoms in total. The maximum atomic E-state index is 11.6. The van der Waals surface area contributed by atoms with Gasteiger partial charge in [0.2, 0.25) is 17.7 Å². The zero-order valence-corrected chi connectivity index (χ0v) is 13.9. The monoisotopic (exact) mass is 354 g/mol. The highest BCUT2D eigenvalue weighted by molar-refractivity contribution is 7.99. The Balaban J connectivity index is 1.83. The summed E-state index contributed by atoms with van der Waals surface area (Å²) in [5.41, 5.74) is 0.706. The SMILES string of the molecule is CCNC(=O)CNC(=O)CSc1nnc(-c2cccc(Cl)c2)o1. The second-order valence-corrected chi connectivity index (χ2v) is 5.77. The number of benzene rings is 1. The first-order valence-corrected chi connectivity index (χ1v) is 8.20. The van der Waals surface area contributed by atoms with Crippen molar-refractivity contribution in [1.82, 2.24) is 20.8 Å². The predicted molar refractivity (Wildman–Crippen MR) is 87.2 cm³/mol. The number of carbonyl (C=O) groups is 2. The summed E-state index contributed by atoms with van der Waals surface area (Å²) >= 11 is 7.00. The van der Waals surface area contributed by atoms with Gasteiger partial charge in [0.1, 0.15) is 0 Å². The van der Waals surface area contributed by atoms with Crippen molar-refractivity contribution in [3.8, 4) is 11.5 Å². The van der Waals surface area contributed by atoms with Gasteiger partial charge in [-0.3, -0.25) is 9.59 Å². The molecule has 0 spiro atoms. The second kappa shape index (κ2) is 8.54. The average molecular weight is 355 g/mol. The molecule has 9 heteroatoms. The number of amides is 2. The van der Waals surface area contributed by atoms with Gasteiger partial charge in [0.15, 0.2) is 0 Å². The minimum absolute atomic E-state index is 0.0508. The van der Waals surface area contributed by atoms with Gasteiger partial charge in [-0.1, -0.05) is 29.4 Å². The van der Waals surface area contributed by atoms with Crippen molar-refractivity contribution in [3.63, 3.8) is 0 Å². The van der Waals surface area contributed by atoms with Crippen molar-refractivity contribution in [3.05, 3.63) is 29.3 Å². The van der Waals surface area contributed by atoms with Gasteiger partial charge >= 0.3 is 0 Å². The Morgan fingerprint density at radius 2 is 2.09 bits per heavy atom. The van der Waals surface area contributed by atoms with Gasteiger partial charge in [0.25, 0.3) is 5.22 Å². The molecule has 0 saturated carbocycles. The molecule has 0 aliphatic carbocycles. The number of nitrogens with one attached hydrogen (secondary N) is 2. The Kier molecular flexibility index (Phi) is 6.42. The van der Waals surface area contributed by atoms with E-state index in [2.05, 4.69) is 20.8 Å². The van der Waals surface area contributed by atoms with E-state index < -0.39 is 0 Å². The maximum Gasteiger partial charge on any atom is 0.277 e. The van der Waals surface area contributed by atoms with Crippen LogP contribution in [0.2, 0.25) is 5.02 Å². The molecule has 23 heavy (non-hydrogen) atoms. The van der Waals surface area contributed by atoms with Crippen LogP contribution in [0.5, 0.6) is 0 Å². The smallest absolute Gasteiger partial charge is 0.277 e. The minimum Gasteiger partial charge on any atom is -0.411 e. The van der Waals surface area contributed by atoms with Crippen LogP contribution in [0, 0.1) is 0 Å². The van der Waals surface area contributed by atoms with E-state index in [1.807, 2.05) is 6.92 Å². The van der Waals surface area contributed by atoms with Crippen molar-refractivity contribution in [2.45, 2.75) is 12.1 Å². The quantitative estimate of drug-likeness (QED) is 0.735. The Labute approximate surface area is 142 Å². The Morgan fingerprint density at radius 3 is 2.83 bits per heavy atom. The third kappa shape index (κ3) is 5.57. The lowest BCUT2D eigenvalue weighted by atomic mass is 10.2. The van der Waals surface area contributed by atoms with Crippen molar-refractivity contribution in [2.75, 3.05) is 18.8 Å².